The van der Waals surface area contributed by atoms with Gasteiger partial charge in [-0.3, -0.25) is 0 Å². The molecule has 1 saturated heterocycles. The van der Waals surface area contributed by atoms with Gasteiger partial charge in [0.2, 0.25) is 0 Å². The van der Waals surface area contributed by atoms with Crippen LogP contribution in [0.1, 0.15) is 25.8 Å². The first-order valence-corrected chi connectivity index (χ1v) is 7.83. The van der Waals surface area contributed by atoms with Gasteiger partial charge >= 0.3 is 0 Å². The molecule has 0 aromatic heterocycles. The second kappa shape index (κ2) is 6.14. The maximum Gasteiger partial charge on any atom is 0.129 e. The number of nitrogens with zero attached hydrogens (tertiary/aromatic N) is 1. The van der Waals surface area contributed by atoms with Crippen LogP contribution in [0.25, 0.3) is 0 Å². The van der Waals surface area contributed by atoms with Gasteiger partial charge in [-0.1, -0.05) is 19.9 Å². The van der Waals surface area contributed by atoms with E-state index in [1.807, 2.05) is 30.9 Å². The van der Waals surface area contributed by atoms with Gasteiger partial charge < -0.3 is 10.2 Å². The molecule has 1 aromatic carbocycles. The summed E-state index contributed by atoms with van der Waals surface area (Å²) in [6.07, 6.45) is 1.13. The van der Waals surface area contributed by atoms with Crippen molar-refractivity contribution in [2.45, 2.75) is 31.6 Å². The van der Waals surface area contributed by atoms with Gasteiger partial charge in [-0.25, -0.2) is 4.39 Å². The zero-order valence-electron chi connectivity index (χ0n) is 12.0. The van der Waals surface area contributed by atoms with Crippen molar-refractivity contribution in [1.29, 1.82) is 0 Å². The predicted molar refractivity (Wildman–Crippen MR) is 82.5 cm³/mol. The SMILES string of the molecule is CNCc1c(F)cccc1N1CCSC(C)(C)CC1. The van der Waals surface area contributed by atoms with Crippen molar-refractivity contribution in [2.75, 3.05) is 30.8 Å². The van der Waals surface area contributed by atoms with Crippen molar-refractivity contribution in [3.63, 3.8) is 0 Å². The lowest BCUT2D eigenvalue weighted by Crippen LogP contribution is -2.28. The van der Waals surface area contributed by atoms with Gasteiger partial charge in [-0.15, -0.1) is 0 Å². The van der Waals surface area contributed by atoms with Gasteiger partial charge in [0.15, 0.2) is 0 Å². The molecule has 0 aliphatic carbocycles. The normalized spacial score (nSPS) is 19.3. The van der Waals surface area contributed by atoms with Gasteiger partial charge in [0.25, 0.3) is 0 Å². The van der Waals surface area contributed by atoms with Crippen LogP contribution in [0.3, 0.4) is 0 Å². The van der Waals surface area contributed by atoms with Crippen LogP contribution in [0.5, 0.6) is 0 Å². The third-order valence-electron chi connectivity index (χ3n) is 3.63. The molecule has 1 fully saturated rings. The van der Waals surface area contributed by atoms with Crippen LogP contribution < -0.4 is 10.2 Å². The lowest BCUT2D eigenvalue weighted by molar-refractivity contribution is 0.595. The number of halogens is 1. The van der Waals surface area contributed by atoms with Crippen LogP contribution in [0.2, 0.25) is 0 Å². The molecule has 0 bridgehead atoms. The highest BCUT2D eigenvalue weighted by atomic mass is 32.2. The molecule has 0 spiro atoms. The highest BCUT2D eigenvalue weighted by Gasteiger charge is 2.25. The summed E-state index contributed by atoms with van der Waals surface area (Å²) in [5.74, 6) is 0.991. The molecule has 0 unspecified atom stereocenters. The zero-order chi connectivity index (χ0) is 13.9. The Labute approximate surface area is 119 Å². The van der Waals surface area contributed by atoms with E-state index in [1.54, 1.807) is 6.07 Å². The standard InChI is InChI=1S/C15H23FN2S/c1-15(2)7-8-18(9-10-19-15)14-6-4-5-13(16)12(14)11-17-3/h4-6,17H,7-11H2,1-3H3. The van der Waals surface area contributed by atoms with E-state index < -0.39 is 0 Å². The minimum atomic E-state index is -0.108. The van der Waals surface area contributed by atoms with Gasteiger partial charge in [0.05, 0.1) is 0 Å². The second-order valence-electron chi connectivity index (χ2n) is 5.61. The summed E-state index contributed by atoms with van der Waals surface area (Å²) >= 11 is 2.01. The van der Waals surface area contributed by atoms with Crippen molar-refractivity contribution < 1.29 is 4.39 Å². The van der Waals surface area contributed by atoms with Crippen molar-refractivity contribution in [2.24, 2.45) is 0 Å². The smallest absolute Gasteiger partial charge is 0.129 e. The Morgan fingerprint density at radius 3 is 2.89 bits per heavy atom. The largest absolute Gasteiger partial charge is 0.370 e. The topological polar surface area (TPSA) is 15.3 Å². The lowest BCUT2D eigenvalue weighted by atomic mass is 10.1. The Kier molecular flexibility index (Phi) is 4.74. The number of anilines is 1. The van der Waals surface area contributed by atoms with E-state index in [2.05, 4.69) is 24.1 Å². The predicted octanol–water partition coefficient (Wildman–Crippen LogP) is 3.27. The molecule has 1 aliphatic heterocycles. The van der Waals surface area contributed by atoms with E-state index in [0.717, 1.165) is 36.5 Å². The molecule has 1 aliphatic rings. The summed E-state index contributed by atoms with van der Waals surface area (Å²) in [7, 11) is 1.86. The Morgan fingerprint density at radius 2 is 2.16 bits per heavy atom. The summed E-state index contributed by atoms with van der Waals surface area (Å²) in [5, 5.41) is 3.06. The molecule has 0 atom stereocenters. The monoisotopic (exact) mass is 282 g/mol. The van der Waals surface area contributed by atoms with Gasteiger partial charge in [0.1, 0.15) is 5.82 Å². The molecule has 2 rings (SSSR count). The summed E-state index contributed by atoms with van der Waals surface area (Å²) in [4.78, 5) is 2.33. The fourth-order valence-corrected chi connectivity index (χ4v) is 3.56. The Bertz CT molecular complexity index is 434. The lowest BCUT2D eigenvalue weighted by Gasteiger charge is -2.26. The molecule has 19 heavy (non-hydrogen) atoms. The van der Waals surface area contributed by atoms with Crippen LogP contribution in [0.4, 0.5) is 10.1 Å². The third-order valence-corrected chi connectivity index (χ3v) is 5.00. The van der Waals surface area contributed by atoms with Crippen LogP contribution in [0.15, 0.2) is 18.2 Å². The average molecular weight is 282 g/mol. The molecule has 0 amide bonds. The highest BCUT2D eigenvalue weighted by molar-refractivity contribution is 8.00. The van der Waals surface area contributed by atoms with E-state index in [-0.39, 0.29) is 5.82 Å². The molecular formula is C15H23FN2S. The number of nitrogens with one attached hydrogen (secondary N) is 1. The van der Waals surface area contributed by atoms with Crippen molar-refractivity contribution in [1.82, 2.24) is 5.32 Å². The van der Waals surface area contributed by atoms with Crippen LogP contribution in [-0.2, 0) is 6.54 Å². The summed E-state index contributed by atoms with van der Waals surface area (Å²) in [6.45, 7) is 7.16. The van der Waals surface area contributed by atoms with Crippen LogP contribution >= 0.6 is 11.8 Å². The Balaban J connectivity index is 2.23. The molecule has 4 heteroatoms. The molecule has 0 saturated carbocycles. The number of rotatable bonds is 3. The molecule has 1 heterocycles. The number of hydrogen-bond acceptors (Lipinski definition) is 3. The van der Waals surface area contributed by atoms with E-state index in [0.29, 0.717) is 11.3 Å². The van der Waals surface area contributed by atoms with Crippen molar-refractivity contribution in [3.05, 3.63) is 29.6 Å². The Morgan fingerprint density at radius 1 is 1.37 bits per heavy atom. The van der Waals surface area contributed by atoms with Gasteiger partial charge in [-0.2, -0.15) is 11.8 Å². The van der Waals surface area contributed by atoms with Gasteiger partial charge in [0, 0.05) is 41.4 Å². The number of hydrogen-bond donors (Lipinski definition) is 1. The minimum Gasteiger partial charge on any atom is -0.370 e. The zero-order valence-corrected chi connectivity index (χ0v) is 12.8. The molecular weight excluding hydrogens is 259 g/mol. The minimum absolute atomic E-state index is 0.108. The van der Waals surface area contributed by atoms with E-state index in [4.69, 9.17) is 0 Å². The molecule has 106 valence electrons. The first kappa shape index (κ1) is 14.7. The van der Waals surface area contributed by atoms with Crippen molar-refractivity contribution >= 4 is 17.4 Å². The fraction of sp³-hybridized carbons (Fsp3) is 0.600. The summed E-state index contributed by atoms with van der Waals surface area (Å²) in [5.41, 5.74) is 1.84. The van der Waals surface area contributed by atoms with Crippen molar-refractivity contribution in [3.8, 4) is 0 Å². The highest BCUT2D eigenvalue weighted by Crippen LogP contribution is 2.33. The summed E-state index contributed by atoms with van der Waals surface area (Å²) in [6, 6.07) is 5.40. The number of thioether (sulfide) groups is 1. The quantitative estimate of drug-likeness (QED) is 0.916. The molecule has 1 aromatic rings. The molecule has 2 nitrogen and oxygen atoms in total. The number of benzene rings is 1. The van der Waals surface area contributed by atoms with E-state index >= 15 is 0 Å². The van der Waals surface area contributed by atoms with Crippen LogP contribution in [0, 0.1) is 5.82 Å². The molecule has 1 N–H and O–H groups in total. The maximum atomic E-state index is 14.0. The maximum absolute atomic E-state index is 14.0. The first-order chi connectivity index (χ1) is 9.03. The average Bonchev–Trinajstić information content (AvgIpc) is 2.53. The van der Waals surface area contributed by atoms with Crippen LogP contribution in [-0.4, -0.2) is 30.6 Å². The van der Waals surface area contributed by atoms with Gasteiger partial charge in [-0.05, 0) is 25.6 Å². The van der Waals surface area contributed by atoms with E-state index in [9.17, 15) is 4.39 Å². The first-order valence-electron chi connectivity index (χ1n) is 6.84. The van der Waals surface area contributed by atoms with E-state index in [1.165, 1.54) is 0 Å². The molecule has 0 radical (unpaired) electrons. The fourth-order valence-electron chi connectivity index (χ4n) is 2.46. The summed E-state index contributed by atoms with van der Waals surface area (Å²) < 4.78 is 14.3. The third kappa shape index (κ3) is 3.63. The second-order valence-corrected chi connectivity index (χ2v) is 7.42. The Hall–Kier alpha value is -0.740.